The average molecular weight is 380 g/mol. The van der Waals surface area contributed by atoms with Crippen LogP contribution in [-0.2, 0) is 0 Å². The molecule has 7 nitrogen and oxygen atoms in total. The Morgan fingerprint density at radius 2 is 2.04 bits per heavy atom. The zero-order chi connectivity index (χ0) is 19.0. The normalized spacial score (nSPS) is 10.9. The molecule has 4 rings (SSSR count). The summed E-state index contributed by atoms with van der Waals surface area (Å²) >= 11 is 1.30. The Morgan fingerprint density at radius 3 is 2.81 bits per heavy atom. The zero-order valence-corrected chi connectivity index (χ0v) is 14.9. The minimum Gasteiger partial charge on any atom is -0.497 e. The number of nitro benzene ring substituents is 1. The van der Waals surface area contributed by atoms with Crippen molar-refractivity contribution >= 4 is 28.0 Å². The van der Waals surface area contributed by atoms with Gasteiger partial charge in [0.2, 0.25) is 0 Å². The molecule has 0 atom stereocenters. The van der Waals surface area contributed by atoms with Gasteiger partial charge in [0, 0.05) is 28.5 Å². The molecule has 0 unspecified atom stereocenters. The number of thiazole rings is 1. The molecule has 0 radical (unpaired) electrons. The Hall–Kier alpha value is -3.52. The van der Waals surface area contributed by atoms with Gasteiger partial charge in [0.15, 0.2) is 0 Å². The van der Waals surface area contributed by atoms with Crippen LogP contribution < -0.4 is 10.4 Å². The van der Waals surface area contributed by atoms with Crippen LogP contribution in [0.5, 0.6) is 5.75 Å². The third-order valence-corrected chi connectivity index (χ3v) is 4.90. The highest BCUT2D eigenvalue weighted by molar-refractivity contribution is 7.13. The lowest BCUT2D eigenvalue weighted by molar-refractivity contribution is -0.384. The van der Waals surface area contributed by atoms with Crippen LogP contribution >= 0.6 is 11.3 Å². The Balaban J connectivity index is 1.80. The second kappa shape index (κ2) is 6.65. The first-order valence-corrected chi connectivity index (χ1v) is 8.76. The lowest BCUT2D eigenvalue weighted by Gasteiger charge is -2.02. The first kappa shape index (κ1) is 16.9. The standard InChI is InChI=1S/C19H12N2O5S/c1-25-14-4-2-3-11(8-14)16-10-27-18(20-16)15-9-12-7-13(21(23)24)5-6-17(12)26-19(15)22/h2-10H,1H3. The maximum atomic E-state index is 12.3. The second-order valence-electron chi connectivity index (χ2n) is 5.70. The van der Waals surface area contributed by atoms with Crippen LogP contribution in [0.4, 0.5) is 5.69 Å². The first-order chi connectivity index (χ1) is 13.0. The van der Waals surface area contributed by atoms with Crippen molar-refractivity contribution in [1.29, 1.82) is 0 Å². The van der Waals surface area contributed by atoms with E-state index in [1.54, 1.807) is 13.2 Å². The predicted molar refractivity (Wildman–Crippen MR) is 102 cm³/mol. The zero-order valence-electron chi connectivity index (χ0n) is 14.0. The van der Waals surface area contributed by atoms with Crippen molar-refractivity contribution in [3.05, 3.63) is 74.4 Å². The van der Waals surface area contributed by atoms with Gasteiger partial charge in [-0.15, -0.1) is 11.3 Å². The highest BCUT2D eigenvalue weighted by Gasteiger charge is 2.15. The molecular weight excluding hydrogens is 368 g/mol. The summed E-state index contributed by atoms with van der Waals surface area (Å²) < 4.78 is 10.5. The summed E-state index contributed by atoms with van der Waals surface area (Å²) in [6.45, 7) is 0. The van der Waals surface area contributed by atoms with Crippen molar-refractivity contribution in [3.63, 3.8) is 0 Å². The molecule has 2 aromatic carbocycles. The van der Waals surface area contributed by atoms with Crippen molar-refractivity contribution in [3.8, 4) is 27.6 Å². The Kier molecular flexibility index (Phi) is 4.17. The molecule has 0 bridgehead atoms. The number of ether oxygens (including phenoxy) is 1. The number of nitro groups is 1. The molecule has 0 aliphatic heterocycles. The Bertz CT molecular complexity index is 1230. The predicted octanol–water partition coefficient (Wildman–Crippen LogP) is 4.50. The smallest absolute Gasteiger partial charge is 0.346 e. The van der Waals surface area contributed by atoms with E-state index in [4.69, 9.17) is 9.15 Å². The summed E-state index contributed by atoms with van der Waals surface area (Å²) in [5.41, 5.74) is 1.51. The summed E-state index contributed by atoms with van der Waals surface area (Å²) in [5.74, 6) is 0.708. The minimum absolute atomic E-state index is 0.0708. The molecule has 27 heavy (non-hydrogen) atoms. The molecule has 0 aliphatic carbocycles. The Morgan fingerprint density at radius 1 is 1.19 bits per heavy atom. The van der Waals surface area contributed by atoms with Gasteiger partial charge in [-0.1, -0.05) is 12.1 Å². The van der Waals surface area contributed by atoms with Gasteiger partial charge in [-0.2, -0.15) is 0 Å². The van der Waals surface area contributed by atoms with E-state index < -0.39 is 10.5 Å². The SMILES string of the molecule is COc1cccc(-c2csc(-c3cc4cc([N+](=O)[O-])ccc4oc3=O)n2)c1. The van der Waals surface area contributed by atoms with Gasteiger partial charge in [0.05, 0.1) is 23.3 Å². The van der Waals surface area contributed by atoms with E-state index in [1.165, 1.54) is 29.5 Å². The summed E-state index contributed by atoms with van der Waals surface area (Å²) in [5, 5.41) is 13.8. The summed E-state index contributed by atoms with van der Waals surface area (Å²) in [6, 6.07) is 13.1. The average Bonchev–Trinajstić information content (AvgIpc) is 3.17. The molecule has 0 spiro atoms. The molecule has 0 saturated carbocycles. The molecule has 0 saturated heterocycles. The quantitative estimate of drug-likeness (QED) is 0.294. The molecule has 0 N–H and O–H groups in total. The third-order valence-electron chi connectivity index (χ3n) is 4.03. The molecule has 0 amide bonds. The van der Waals surface area contributed by atoms with Gasteiger partial charge in [-0.25, -0.2) is 9.78 Å². The molecule has 134 valence electrons. The molecule has 8 heteroatoms. The van der Waals surface area contributed by atoms with E-state index in [0.29, 0.717) is 27.4 Å². The number of aromatic nitrogens is 1. The minimum atomic E-state index is -0.539. The second-order valence-corrected chi connectivity index (χ2v) is 6.55. The van der Waals surface area contributed by atoms with Crippen molar-refractivity contribution in [2.75, 3.05) is 7.11 Å². The summed E-state index contributed by atoms with van der Waals surface area (Å²) in [4.78, 5) is 27.3. The van der Waals surface area contributed by atoms with Gasteiger partial charge >= 0.3 is 5.63 Å². The molecule has 2 heterocycles. The monoisotopic (exact) mass is 380 g/mol. The molecule has 0 fully saturated rings. The van der Waals surface area contributed by atoms with E-state index in [9.17, 15) is 14.9 Å². The highest BCUT2D eigenvalue weighted by Crippen LogP contribution is 2.31. The maximum Gasteiger partial charge on any atom is 0.346 e. The van der Waals surface area contributed by atoms with Crippen molar-refractivity contribution in [2.24, 2.45) is 0 Å². The lowest BCUT2D eigenvalue weighted by atomic mass is 10.1. The lowest BCUT2D eigenvalue weighted by Crippen LogP contribution is -2.02. The number of nitrogens with zero attached hydrogens (tertiary/aromatic N) is 2. The van der Waals surface area contributed by atoms with Crippen molar-refractivity contribution in [2.45, 2.75) is 0 Å². The fourth-order valence-electron chi connectivity index (χ4n) is 2.69. The number of fused-ring (bicyclic) bond motifs is 1. The van der Waals surface area contributed by atoms with Crippen LogP contribution in [0.2, 0.25) is 0 Å². The number of hydrogen-bond acceptors (Lipinski definition) is 7. The van der Waals surface area contributed by atoms with Crippen LogP contribution in [0.25, 0.3) is 32.8 Å². The number of non-ortho nitro benzene ring substituents is 1. The summed E-state index contributed by atoms with van der Waals surface area (Å²) in [6.07, 6.45) is 0. The maximum absolute atomic E-state index is 12.3. The van der Waals surface area contributed by atoms with Crippen molar-refractivity contribution in [1.82, 2.24) is 4.98 Å². The number of hydrogen-bond donors (Lipinski definition) is 0. The topological polar surface area (TPSA) is 95.5 Å². The molecule has 0 aliphatic rings. The van der Waals surface area contributed by atoms with Crippen LogP contribution in [0.3, 0.4) is 0 Å². The van der Waals surface area contributed by atoms with Crippen LogP contribution in [0.1, 0.15) is 0 Å². The number of benzene rings is 2. The molecular formula is C19H12N2O5S. The van der Waals surface area contributed by atoms with Gasteiger partial charge in [0.25, 0.3) is 5.69 Å². The van der Waals surface area contributed by atoms with E-state index in [1.807, 2.05) is 29.6 Å². The molecule has 4 aromatic rings. The number of methoxy groups -OCH3 is 1. The van der Waals surface area contributed by atoms with Crippen LogP contribution in [0.15, 0.2) is 63.1 Å². The van der Waals surface area contributed by atoms with E-state index >= 15 is 0 Å². The number of rotatable bonds is 4. The van der Waals surface area contributed by atoms with Crippen LogP contribution in [-0.4, -0.2) is 17.0 Å². The van der Waals surface area contributed by atoms with Crippen LogP contribution in [0, 0.1) is 10.1 Å². The Labute approximate surface area is 156 Å². The van der Waals surface area contributed by atoms with Gasteiger partial charge in [-0.3, -0.25) is 10.1 Å². The fraction of sp³-hybridized carbons (Fsp3) is 0.0526. The van der Waals surface area contributed by atoms with Gasteiger partial charge < -0.3 is 9.15 Å². The first-order valence-electron chi connectivity index (χ1n) is 7.88. The largest absolute Gasteiger partial charge is 0.497 e. The van der Waals surface area contributed by atoms with E-state index in [0.717, 1.165) is 5.56 Å². The summed E-state index contributed by atoms with van der Waals surface area (Å²) in [7, 11) is 1.59. The van der Waals surface area contributed by atoms with Gasteiger partial charge in [-0.05, 0) is 24.3 Å². The highest BCUT2D eigenvalue weighted by atomic mass is 32.1. The fourth-order valence-corrected chi connectivity index (χ4v) is 3.52. The third kappa shape index (κ3) is 3.18. The molecule has 2 aromatic heterocycles. The van der Waals surface area contributed by atoms with E-state index in [-0.39, 0.29) is 11.3 Å². The van der Waals surface area contributed by atoms with Gasteiger partial charge in [0.1, 0.15) is 16.3 Å². The van der Waals surface area contributed by atoms with Crippen molar-refractivity contribution < 1.29 is 14.1 Å². The van der Waals surface area contributed by atoms with E-state index in [2.05, 4.69) is 4.98 Å².